The van der Waals surface area contributed by atoms with Crippen molar-refractivity contribution in [3.05, 3.63) is 12.2 Å². The Balaban J connectivity index is 3.63. The molecule has 0 saturated heterocycles. The van der Waals surface area contributed by atoms with Crippen LogP contribution in [0.3, 0.4) is 0 Å². The molecule has 10 heteroatoms. The Morgan fingerprint density at radius 1 is 0.667 bits per heavy atom. The van der Waals surface area contributed by atoms with Crippen LogP contribution in [0.4, 0.5) is 0 Å². The van der Waals surface area contributed by atoms with Gasteiger partial charge in [-0.15, -0.1) is 0 Å². The number of ether oxygens (including phenoxy) is 1. The molecule has 3 N–H and O–H groups in total. The lowest BCUT2D eigenvalue weighted by atomic mass is 10.0. The van der Waals surface area contributed by atoms with E-state index >= 15 is 0 Å². The first-order valence-corrected chi connectivity index (χ1v) is 19.7. The Labute approximate surface area is 275 Å². The number of carbonyl (C=O) groups is 2. The fourth-order valence-corrected chi connectivity index (χ4v) is 5.66. The number of unbranched alkanes of at least 4 members (excludes halogenated alkanes) is 19. The highest BCUT2D eigenvalue weighted by atomic mass is 31.2. The second-order valence-electron chi connectivity index (χ2n) is 12.2. The van der Waals surface area contributed by atoms with Crippen molar-refractivity contribution in [2.24, 2.45) is 0 Å². The van der Waals surface area contributed by atoms with Crippen LogP contribution < -0.4 is 5.32 Å². The maximum absolute atomic E-state index is 12.0. The molecular weight excluding hydrogens is 593 g/mol. The van der Waals surface area contributed by atoms with Crippen molar-refractivity contribution < 1.29 is 37.9 Å². The standard InChI is InChI=1S/C35H68NO8P/c1-3-5-7-9-11-13-15-17-19-21-23-25-27-34(38)36-29-30-43-45(40,41)44-32-33(37)31-42-35(39)28-26-24-22-20-18-16-14-12-10-8-6-4-2/h12,14,33,37H,3-11,13,15-32H2,1-2H3,(H,36,38)(H,40,41)/b14-12-. The zero-order valence-corrected chi connectivity index (χ0v) is 29.7. The van der Waals surface area contributed by atoms with Gasteiger partial charge in [-0.25, -0.2) is 4.57 Å². The first-order valence-electron chi connectivity index (χ1n) is 18.2. The lowest BCUT2D eigenvalue weighted by molar-refractivity contribution is -0.147. The van der Waals surface area contributed by atoms with Crippen LogP contribution in [0.15, 0.2) is 12.2 Å². The van der Waals surface area contributed by atoms with Crippen LogP contribution in [0.2, 0.25) is 0 Å². The van der Waals surface area contributed by atoms with E-state index in [0.717, 1.165) is 57.8 Å². The number of allylic oxidation sites excluding steroid dienone is 2. The molecule has 0 aromatic carbocycles. The maximum atomic E-state index is 12.0. The number of esters is 1. The zero-order valence-electron chi connectivity index (χ0n) is 28.8. The van der Waals surface area contributed by atoms with Crippen molar-refractivity contribution in [2.75, 3.05) is 26.4 Å². The normalized spacial score (nSPS) is 13.6. The van der Waals surface area contributed by atoms with Gasteiger partial charge in [0, 0.05) is 19.4 Å². The van der Waals surface area contributed by atoms with Gasteiger partial charge in [-0.05, 0) is 38.5 Å². The van der Waals surface area contributed by atoms with Gasteiger partial charge in [0.1, 0.15) is 12.7 Å². The molecule has 0 fully saturated rings. The lowest BCUT2D eigenvalue weighted by Crippen LogP contribution is -2.27. The van der Waals surface area contributed by atoms with Gasteiger partial charge >= 0.3 is 13.8 Å². The molecule has 0 radical (unpaired) electrons. The summed E-state index contributed by atoms with van der Waals surface area (Å²) in [5.74, 6) is -0.524. The van der Waals surface area contributed by atoms with Crippen LogP contribution in [0.1, 0.15) is 168 Å². The number of hydrogen-bond donors (Lipinski definition) is 3. The van der Waals surface area contributed by atoms with Crippen LogP contribution in [0.25, 0.3) is 0 Å². The molecule has 0 aliphatic rings. The third kappa shape index (κ3) is 33.9. The van der Waals surface area contributed by atoms with Crippen LogP contribution in [-0.4, -0.2) is 54.3 Å². The monoisotopic (exact) mass is 661 g/mol. The number of aliphatic hydroxyl groups is 1. The minimum atomic E-state index is -4.40. The lowest BCUT2D eigenvalue weighted by Gasteiger charge is -2.15. The van der Waals surface area contributed by atoms with E-state index in [4.69, 9.17) is 13.8 Å². The molecule has 0 saturated carbocycles. The topological polar surface area (TPSA) is 131 Å². The van der Waals surface area contributed by atoms with Gasteiger partial charge in [0.05, 0.1) is 13.2 Å². The minimum absolute atomic E-state index is 0.0847. The van der Waals surface area contributed by atoms with Gasteiger partial charge in [-0.1, -0.05) is 129 Å². The van der Waals surface area contributed by atoms with Crippen molar-refractivity contribution >= 4 is 19.7 Å². The summed E-state index contributed by atoms with van der Waals surface area (Å²) in [4.78, 5) is 33.6. The largest absolute Gasteiger partial charge is 0.472 e. The van der Waals surface area contributed by atoms with Crippen LogP contribution >= 0.6 is 7.82 Å². The molecule has 1 amide bonds. The summed E-state index contributed by atoms with van der Waals surface area (Å²) in [5.41, 5.74) is 0. The third-order valence-corrected chi connectivity index (χ3v) is 8.68. The van der Waals surface area contributed by atoms with E-state index in [9.17, 15) is 24.2 Å². The molecule has 0 rings (SSSR count). The van der Waals surface area contributed by atoms with Crippen molar-refractivity contribution in [1.29, 1.82) is 0 Å². The molecule has 9 nitrogen and oxygen atoms in total. The molecule has 266 valence electrons. The second-order valence-corrected chi connectivity index (χ2v) is 13.7. The molecule has 0 aliphatic heterocycles. The van der Waals surface area contributed by atoms with Crippen molar-refractivity contribution in [3.63, 3.8) is 0 Å². The van der Waals surface area contributed by atoms with Crippen molar-refractivity contribution in [2.45, 2.75) is 174 Å². The van der Waals surface area contributed by atoms with Gasteiger partial charge in [0.2, 0.25) is 5.91 Å². The molecule has 45 heavy (non-hydrogen) atoms. The van der Waals surface area contributed by atoms with Gasteiger partial charge in [0.25, 0.3) is 0 Å². The highest BCUT2D eigenvalue weighted by Gasteiger charge is 2.23. The van der Waals surface area contributed by atoms with Crippen molar-refractivity contribution in [3.8, 4) is 0 Å². The Morgan fingerprint density at radius 2 is 1.13 bits per heavy atom. The SMILES string of the molecule is CCCCC/C=C\CCCCCCCC(=O)OCC(O)COP(=O)(O)OCCNC(=O)CCCCCCCCCCCCCC. The molecule has 0 aromatic rings. The number of rotatable bonds is 34. The van der Waals surface area contributed by atoms with Gasteiger partial charge in [0.15, 0.2) is 0 Å². The number of nitrogens with one attached hydrogen (secondary N) is 1. The van der Waals surface area contributed by atoms with E-state index in [1.807, 2.05) is 0 Å². The predicted octanol–water partition coefficient (Wildman–Crippen LogP) is 9.10. The Bertz CT molecular complexity index is 764. The first-order chi connectivity index (χ1) is 21.8. The highest BCUT2D eigenvalue weighted by Crippen LogP contribution is 2.42. The van der Waals surface area contributed by atoms with Crippen LogP contribution in [-0.2, 0) is 27.9 Å². The summed E-state index contributed by atoms with van der Waals surface area (Å²) < 4.78 is 26.7. The first kappa shape index (κ1) is 43.8. The average molecular weight is 662 g/mol. The molecule has 0 aliphatic carbocycles. The third-order valence-electron chi connectivity index (χ3n) is 7.70. The van der Waals surface area contributed by atoms with E-state index in [1.54, 1.807) is 0 Å². The summed E-state index contributed by atoms with van der Waals surface area (Å²) in [7, 11) is -4.40. The van der Waals surface area contributed by atoms with E-state index in [2.05, 4.69) is 31.3 Å². The zero-order chi connectivity index (χ0) is 33.3. The van der Waals surface area contributed by atoms with E-state index < -0.39 is 26.5 Å². The summed E-state index contributed by atoms with van der Waals surface area (Å²) >= 11 is 0. The number of carbonyl (C=O) groups excluding carboxylic acids is 2. The van der Waals surface area contributed by atoms with Gasteiger partial charge in [-0.3, -0.25) is 18.6 Å². The summed E-state index contributed by atoms with van der Waals surface area (Å²) in [6.07, 6.45) is 29.9. The Kier molecular flexibility index (Phi) is 31.8. The number of phosphoric ester groups is 1. The Morgan fingerprint density at radius 3 is 1.71 bits per heavy atom. The summed E-state index contributed by atoms with van der Waals surface area (Å²) in [6, 6.07) is 0. The van der Waals surface area contributed by atoms with Crippen molar-refractivity contribution in [1.82, 2.24) is 5.32 Å². The van der Waals surface area contributed by atoms with Crippen LogP contribution in [0, 0.1) is 0 Å². The number of hydrogen-bond acceptors (Lipinski definition) is 7. The minimum Gasteiger partial charge on any atom is -0.463 e. The smallest absolute Gasteiger partial charge is 0.463 e. The molecule has 0 heterocycles. The molecule has 2 unspecified atom stereocenters. The predicted molar refractivity (Wildman–Crippen MR) is 183 cm³/mol. The number of phosphoric acid groups is 1. The fraction of sp³-hybridized carbons (Fsp3) is 0.886. The Hall–Kier alpha value is -1.25. The maximum Gasteiger partial charge on any atom is 0.472 e. The summed E-state index contributed by atoms with van der Waals surface area (Å²) in [6.45, 7) is 3.51. The molecule has 2 atom stereocenters. The van der Waals surface area contributed by atoms with Gasteiger partial charge in [-0.2, -0.15) is 0 Å². The van der Waals surface area contributed by atoms with E-state index in [1.165, 1.54) is 83.5 Å². The number of amides is 1. The molecule has 0 bridgehead atoms. The quantitative estimate of drug-likeness (QED) is 0.0269. The van der Waals surface area contributed by atoms with Crippen LogP contribution in [0.5, 0.6) is 0 Å². The number of aliphatic hydroxyl groups excluding tert-OH is 1. The summed E-state index contributed by atoms with van der Waals surface area (Å²) in [5, 5.41) is 12.6. The fourth-order valence-electron chi connectivity index (χ4n) is 4.90. The van der Waals surface area contributed by atoms with E-state index in [-0.39, 0.29) is 32.1 Å². The molecule has 0 aromatic heterocycles. The average Bonchev–Trinajstić information content (AvgIpc) is 3.02. The van der Waals surface area contributed by atoms with E-state index in [0.29, 0.717) is 6.42 Å². The van der Waals surface area contributed by atoms with Gasteiger partial charge < -0.3 is 20.1 Å². The molecule has 0 spiro atoms. The molecular formula is C35H68NO8P. The highest BCUT2D eigenvalue weighted by molar-refractivity contribution is 7.47. The second kappa shape index (κ2) is 32.7.